The van der Waals surface area contributed by atoms with Crippen molar-refractivity contribution < 1.29 is 0 Å². The van der Waals surface area contributed by atoms with Crippen molar-refractivity contribution in [3.63, 3.8) is 0 Å². The molecule has 4 heterocycles. The van der Waals surface area contributed by atoms with Crippen molar-refractivity contribution in [2.45, 2.75) is 78.6 Å². The molecule has 0 fully saturated rings. The Morgan fingerprint density at radius 2 is 0.810 bits per heavy atom. The molecule has 0 atom stereocenters. The Bertz CT molecular complexity index is 2850. The molecule has 0 aliphatic carbocycles. The summed E-state index contributed by atoms with van der Waals surface area (Å²) in [4.78, 5) is 5.26. The van der Waals surface area contributed by atoms with E-state index in [2.05, 4.69) is 212 Å². The van der Waals surface area contributed by atoms with Crippen LogP contribution in [0.2, 0.25) is 0 Å². The molecule has 0 saturated heterocycles. The molecule has 0 bridgehead atoms. The Hall–Kier alpha value is -5.73. The van der Waals surface area contributed by atoms with Crippen LogP contribution < -0.4 is 42.6 Å². The van der Waals surface area contributed by atoms with Crippen LogP contribution in [0.15, 0.2) is 140 Å². The third kappa shape index (κ3) is 4.87. The van der Waals surface area contributed by atoms with Crippen LogP contribution in [0.4, 0.5) is 34.1 Å². The second kappa shape index (κ2) is 11.9. The van der Waals surface area contributed by atoms with Gasteiger partial charge in [0, 0.05) is 34.1 Å². The molecule has 7 aromatic carbocycles. The molecule has 0 radical (unpaired) electrons. The first-order valence-corrected chi connectivity index (χ1v) is 21.2. The summed E-state index contributed by atoms with van der Waals surface area (Å²) >= 11 is 0. The number of hydrogen-bond acceptors (Lipinski definition) is 2. The van der Waals surface area contributed by atoms with E-state index in [1.54, 1.807) is 0 Å². The fourth-order valence-electron chi connectivity index (χ4n) is 10.9. The van der Waals surface area contributed by atoms with Crippen LogP contribution in [0.25, 0.3) is 22.3 Å². The zero-order chi connectivity index (χ0) is 40.0. The lowest BCUT2D eigenvalue weighted by atomic mass is 9.33. The minimum atomic E-state index is -0.210. The van der Waals surface area contributed by atoms with Gasteiger partial charge in [-0.1, -0.05) is 170 Å². The fourth-order valence-corrected chi connectivity index (χ4v) is 10.9. The quantitative estimate of drug-likeness (QED) is 0.163. The maximum absolute atomic E-state index is 2.65. The summed E-state index contributed by atoms with van der Waals surface area (Å²) in [7, 11) is 0. The topological polar surface area (TPSA) is 6.48 Å². The Kier molecular flexibility index (Phi) is 7.28. The molecule has 0 N–H and O–H groups in total. The molecule has 11 rings (SSSR count). The van der Waals surface area contributed by atoms with E-state index < -0.39 is 0 Å². The lowest BCUT2D eigenvalue weighted by Gasteiger charge is -2.45. The lowest BCUT2D eigenvalue weighted by Crippen LogP contribution is -2.61. The average molecular weight is 749 g/mol. The molecule has 58 heavy (non-hydrogen) atoms. The van der Waals surface area contributed by atoms with Gasteiger partial charge in [0.15, 0.2) is 0 Å². The molecule has 0 aromatic heterocycles. The Labute approximate surface area is 345 Å². The number of fused-ring (bicyclic) bond motifs is 10. The molecule has 0 spiro atoms. The second-order valence-corrected chi connectivity index (χ2v) is 20.2. The molecule has 4 aliphatic heterocycles. The van der Waals surface area contributed by atoms with Gasteiger partial charge in [0.2, 0.25) is 13.4 Å². The van der Waals surface area contributed by atoms with Crippen LogP contribution in [0.3, 0.4) is 0 Å². The molecular weight excluding hydrogens is 698 g/mol. The highest BCUT2D eigenvalue weighted by molar-refractivity contribution is 7.03. The van der Waals surface area contributed by atoms with Crippen molar-refractivity contribution in [1.82, 2.24) is 0 Å². The van der Waals surface area contributed by atoms with Gasteiger partial charge in [0.25, 0.3) is 0 Å². The minimum absolute atomic E-state index is 0.0597. The Morgan fingerprint density at radius 3 is 1.33 bits per heavy atom. The summed E-state index contributed by atoms with van der Waals surface area (Å²) < 4.78 is 0. The van der Waals surface area contributed by atoms with Crippen LogP contribution in [-0.4, -0.2) is 13.4 Å². The molecule has 4 heteroatoms. The van der Waals surface area contributed by atoms with Crippen molar-refractivity contribution in [3.05, 3.63) is 156 Å². The number of anilines is 6. The van der Waals surface area contributed by atoms with Gasteiger partial charge >= 0.3 is 0 Å². The van der Waals surface area contributed by atoms with E-state index in [1.165, 1.54) is 106 Å². The summed E-state index contributed by atoms with van der Waals surface area (Å²) in [6.45, 7) is 21.4. The van der Waals surface area contributed by atoms with E-state index in [4.69, 9.17) is 0 Å². The smallest absolute Gasteiger partial charge is 0.248 e. The minimum Gasteiger partial charge on any atom is -0.312 e. The van der Waals surface area contributed by atoms with Crippen LogP contribution in [0, 0.1) is 0 Å². The van der Waals surface area contributed by atoms with Gasteiger partial charge in [0.1, 0.15) is 0 Å². The van der Waals surface area contributed by atoms with Crippen molar-refractivity contribution in [1.29, 1.82) is 0 Å². The van der Waals surface area contributed by atoms with Crippen molar-refractivity contribution >= 4 is 80.3 Å². The normalized spacial score (nSPS) is 14.5. The van der Waals surface area contributed by atoms with E-state index in [-0.39, 0.29) is 29.7 Å². The maximum atomic E-state index is 2.65. The molecule has 0 unspecified atom stereocenters. The zero-order valence-electron chi connectivity index (χ0n) is 35.3. The Morgan fingerprint density at radius 1 is 0.362 bits per heavy atom. The van der Waals surface area contributed by atoms with Crippen molar-refractivity contribution in [2.24, 2.45) is 0 Å². The largest absolute Gasteiger partial charge is 0.312 e. The summed E-state index contributed by atoms with van der Waals surface area (Å²) in [6, 6.07) is 53.9. The highest BCUT2D eigenvalue weighted by Crippen LogP contribution is 2.49. The van der Waals surface area contributed by atoms with E-state index in [9.17, 15) is 0 Å². The Balaban J connectivity index is 1.29. The lowest BCUT2D eigenvalue weighted by molar-refractivity contribution is 0.590. The van der Waals surface area contributed by atoms with Crippen molar-refractivity contribution in [2.75, 3.05) is 9.80 Å². The number of hydrogen-bond donors (Lipinski definition) is 0. The molecule has 4 aliphatic rings. The molecule has 282 valence electrons. The first-order valence-electron chi connectivity index (χ1n) is 21.2. The standard InChI is InChI=1S/C54H50B2N2/c1-52(2,3)33-24-28-35(29-25-33)57-44-22-14-19-40-38-17-11-13-21-42(38)56(49(40)44)50-46(57)32-43-51(47(50)54(7,8)9)58(36-30-26-34(27-31-36)53(4,5)6)45-23-15-18-39-37-16-10-12-20-41(37)55(43)48(39)45/h10-32H,1-9H3. The van der Waals surface area contributed by atoms with Gasteiger partial charge in [-0.25, -0.2) is 0 Å². The third-order valence-corrected chi connectivity index (χ3v) is 13.5. The third-order valence-electron chi connectivity index (χ3n) is 13.5. The number of nitrogens with zero attached hydrogens (tertiary/aromatic N) is 2. The van der Waals surface area contributed by atoms with Crippen LogP contribution in [-0.2, 0) is 16.2 Å². The van der Waals surface area contributed by atoms with E-state index in [1.807, 2.05) is 0 Å². The molecule has 7 aromatic rings. The first kappa shape index (κ1) is 35.4. The average Bonchev–Trinajstić information content (AvgIpc) is 3.72. The first-order chi connectivity index (χ1) is 27.7. The second-order valence-electron chi connectivity index (χ2n) is 20.2. The summed E-state index contributed by atoms with van der Waals surface area (Å²) in [6.07, 6.45) is 0. The molecular formula is C54H50B2N2. The number of rotatable bonds is 2. The van der Waals surface area contributed by atoms with Crippen molar-refractivity contribution in [3.8, 4) is 22.3 Å². The predicted molar refractivity (Wildman–Crippen MR) is 252 cm³/mol. The van der Waals surface area contributed by atoms with Gasteiger partial charge < -0.3 is 9.80 Å². The van der Waals surface area contributed by atoms with Gasteiger partial charge in [-0.05, 0) is 120 Å². The SMILES string of the molecule is CC(C)(C)c1ccc(N2c3cccc4c3B(c3ccccc3-4)c3c2cc2c(c3C(C)(C)C)N(c3ccc(C(C)(C)C)cc3)c3cccc4c3B2c2ccccc2-4)cc1. The van der Waals surface area contributed by atoms with E-state index >= 15 is 0 Å². The monoisotopic (exact) mass is 748 g/mol. The zero-order valence-corrected chi connectivity index (χ0v) is 35.3. The van der Waals surface area contributed by atoms with Crippen LogP contribution in [0.5, 0.6) is 0 Å². The fraction of sp³-hybridized carbons (Fsp3) is 0.222. The van der Waals surface area contributed by atoms with Crippen LogP contribution in [0.1, 0.15) is 79.0 Å². The summed E-state index contributed by atoms with van der Waals surface area (Å²) in [5.41, 5.74) is 25.5. The number of benzene rings is 7. The van der Waals surface area contributed by atoms with Gasteiger partial charge in [-0.15, -0.1) is 0 Å². The highest BCUT2D eigenvalue weighted by atomic mass is 15.2. The van der Waals surface area contributed by atoms with Crippen LogP contribution >= 0.6 is 0 Å². The molecule has 0 saturated carbocycles. The maximum Gasteiger partial charge on any atom is 0.248 e. The highest BCUT2D eigenvalue weighted by Gasteiger charge is 2.50. The summed E-state index contributed by atoms with van der Waals surface area (Å²) in [5.74, 6) is 0. The van der Waals surface area contributed by atoms with E-state index in [0.29, 0.717) is 0 Å². The molecule has 0 amide bonds. The van der Waals surface area contributed by atoms with Gasteiger partial charge in [-0.2, -0.15) is 0 Å². The van der Waals surface area contributed by atoms with Gasteiger partial charge in [-0.3, -0.25) is 0 Å². The van der Waals surface area contributed by atoms with E-state index in [0.717, 1.165) is 0 Å². The van der Waals surface area contributed by atoms with Gasteiger partial charge in [0.05, 0.1) is 0 Å². The summed E-state index contributed by atoms with van der Waals surface area (Å²) in [5, 5.41) is 0. The molecule has 2 nitrogen and oxygen atoms in total. The predicted octanol–water partition coefficient (Wildman–Crippen LogP) is 10.1.